The molecule has 1 aromatic rings. The molecule has 0 aliphatic carbocycles. The van der Waals surface area contributed by atoms with E-state index in [0.717, 1.165) is 16.9 Å². The van der Waals surface area contributed by atoms with Gasteiger partial charge in [0.25, 0.3) is 0 Å². The van der Waals surface area contributed by atoms with Crippen LogP contribution in [0.25, 0.3) is 0 Å². The molecule has 0 aliphatic heterocycles. The second-order valence-corrected chi connectivity index (χ2v) is 4.52. The fraction of sp³-hybridized carbons (Fsp3) is 0.571. The molecule has 0 bridgehead atoms. The number of methoxy groups -OCH3 is 1. The van der Waals surface area contributed by atoms with Gasteiger partial charge in [0.15, 0.2) is 0 Å². The highest BCUT2D eigenvalue weighted by molar-refractivity contribution is 5.36. The third kappa shape index (κ3) is 5.38. The Kier molecular flexibility index (Phi) is 6.29. The fourth-order valence-electron chi connectivity index (χ4n) is 2.01. The van der Waals surface area contributed by atoms with Gasteiger partial charge in [-0.15, -0.1) is 0 Å². The normalized spacial score (nSPS) is 13.3. The van der Waals surface area contributed by atoms with Gasteiger partial charge in [0.1, 0.15) is 12.4 Å². The molecule has 114 valence electrons. The average Bonchev–Trinajstić information content (AvgIpc) is 2.38. The van der Waals surface area contributed by atoms with Crippen LogP contribution in [0.1, 0.15) is 23.6 Å². The molecule has 0 aliphatic rings. The summed E-state index contributed by atoms with van der Waals surface area (Å²) in [6, 6.07) is 5.60. The lowest BCUT2D eigenvalue weighted by Crippen LogP contribution is -2.22. The molecular formula is C14H20F3NO2. The average molecular weight is 291 g/mol. The van der Waals surface area contributed by atoms with Crippen LogP contribution < -0.4 is 10.1 Å². The Morgan fingerprint density at radius 3 is 2.50 bits per heavy atom. The van der Waals surface area contributed by atoms with E-state index in [9.17, 15) is 13.2 Å². The van der Waals surface area contributed by atoms with Crippen LogP contribution in [0.5, 0.6) is 5.75 Å². The van der Waals surface area contributed by atoms with Crippen molar-refractivity contribution in [1.82, 2.24) is 5.32 Å². The molecule has 0 saturated heterocycles. The second-order valence-electron chi connectivity index (χ2n) is 4.52. The van der Waals surface area contributed by atoms with Crippen LogP contribution in [0.2, 0.25) is 0 Å². The maximum atomic E-state index is 12.0. The molecule has 1 unspecified atom stereocenters. The van der Waals surface area contributed by atoms with Gasteiger partial charge in [0, 0.05) is 12.6 Å². The van der Waals surface area contributed by atoms with Crippen molar-refractivity contribution in [2.45, 2.75) is 25.6 Å². The Labute approximate surface area is 117 Å². The van der Waals surface area contributed by atoms with Crippen molar-refractivity contribution in [2.75, 3.05) is 27.4 Å². The monoisotopic (exact) mass is 291 g/mol. The summed E-state index contributed by atoms with van der Waals surface area (Å²) in [5.74, 6) is 0.759. The third-order valence-electron chi connectivity index (χ3n) is 3.02. The first-order chi connectivity index (χ1) is 9.37. The van der Waals surface area contributed by atoms with E-state index in [1.165, 1.54) is 0 Å². The standard InChI is InChI=1S/C14H20F3NO2/c1-10-8-11(19-3)4-5-12(10)13(18-2)6-7-20-9-14(15,16)17/h4-5,8,13,18H,6-7,9H2,1-3H3. The van der Waals surface area contributed by atoms with Gasteiger partial charge in [-0.25, -0.2) is 0 Å². The molecule has 0 heterocycles. The number of halogens is 3. The molecule has 0 aromatic heterocycles. The second kappa shape index (κ2) is 7.50. The number of rotatable bonds is 7. The van der Waals surface area contributed by atoms with Crippen LogP contribution >= 0.6 is 0 Å². The highest BCUT2D eigenvalue weighted by Crippen LogP contribution is 2.24. The van der Waals surface area contributed by atoms with Crippen LogP contribution in [0.3, 0.4) is 0 Å². The van der Waals surface area contributed by atoms with Crippen LogP contribution in [-0.2, 0) is 4.74 Å². The van der Waals surface area contributed by atoms with Crippen LogP contribution in [0.15, 0.2) is 18.2 Å². The van der Waals surface area contributed by atoms with Crippen molar-refractivity contribution in [1.29, 1.82) is 0 Å². The highest BCUT2D eigenvalue weighted by Gasteiger charge is 2.27. The topological polar surface area (TPSA) is 30.5 Å². The smallest absolute Gasteiger partial charge is 0.411 e. The number of aryl methyl sites for hydroxylation is 1. The zero-order chi connectivity index (χ0) is 15.2. The molecule has 1 rings (SSSR count). The van der Waals surface area contributed by atoms with E-state index in [1.807, 2.05) is 25.1 Å². The van der Waals surface area contributed by atoms with Crippen LogP contribution in [-0.4, -0.2) is 33.5 Å². The number of alkyl halides is 3. The van der Waals surface area contributed by atoms with Gasteiger partial charge in [-0.05, 0) is 43.7 Å². The van der Waals surface area contributed by atoms with Gasteiger partial charge in [-0.1, -0.05) is 6.07 Å². The van der Waals surface area contributed by atoms with E-state index in [1.54, 1.807) is 14.2 Å². The summed E-state index contributed by atoms with van der Waals surface area (Å²) in [5.41, 5.74) is 2.06. The van der Waals surface area contributed by atoms with Gasteiger partial charge in [-0.2, -0.15) is 13.2 Å². The Hall–Kier alpha value is -1.27. The van der Waals surface area contributed by atoms with Crippen molar-refractivity contribution in [3.63, 3.8) is 0 Å². The summed E-state index contributed by atoms with van der Waals surface area (Å²) in [6.07, 6.45) is -3.80. The first-order valence-electron chi connectivity index (χ1n) is 6.33. The van der Waals surface area contributed by atoms with E-state index < -0.39 is 12.8 Å². The minimum Gasteiger partial charge on any atom is -0.497 e. The molecule has 1 N–H and O–H groups in total. The first-order valence-corrected chi connectivity index (χ1v) is 6.33. The molecule has 0 fully saturated rings. The molecule has 6 heteroatoms. The highest BCUT2D eigenvalue weighted by atomic mass is 19.4. The Morgan fingerprint density at radius 1 is 1.30 bits per heavy atom. The van der Waals surface area contributed by atoms with Gasteiger partial charge in [0.2, 0.25) is 0 Å². The lowest BCUT2D eigenvalue weighted by atomic mass is 9.99. The van der Waals surface area contributed by atoms with Gasteiger partial charge >= 0.3 is 6.18 Å². The lowest BCUT2D eigenvalue weighted by molar-refractivity contribution is -0.174. The molecular weight excluding hydrogens is 271 g/mol. The van der Waals surface area contributed by atoms with E-state index in [0.29, 0.717) is 6.42 Å². The summed E-state index contributed by atoms with van der Waals surface area (Å²) in [5, 5.41) is 3.09. The minimum absolute atomic E-state index is 0.0471. The molecule has 3 nitrogen and oxygen atoms in total. The summed E-state index contributed by atoms with van der Waals surface area (Å²) < 4.78 is 45.7. The fourth-order valence-corrected chi connectivity index (χ4v) is 2.01. The van der Waals surface area contributed by atoms with Crippen molar-refractivity contribution in [3.05, 3.63) is 29.3 Å². The molecule has 0 saturated carbocycles. The molecule has 20 heavy (non-hydrogen) atoms. The van der Waals surface area contributed by atoms with E-state index >= 15 is 0 Å². The van der Waals surface area contributed by atoms with Crippen LogP contribution in [0.4, 0.5) is 13.2 Å². The number of ether oxygens (including phenoxy) is 2. The summed E-state index contributed by atoms with van der Waals surface area (Å²) in [7, 11) is 3.37. The summed E-state index contributed by atoms with van der Waals surface area (Å²) >= 11 is 0. The maximum absolute atomic E-state index is 12.0. The van der Waals surface area contributed by atoms with Crippen molar-refractivity contribution in [2.24, 2.45) is 0 Å². The molecule has 1 aromatic carbocycles. The summed E-state index contributed by atoms with van der Waals surface area (Å²) in [6.45, 7) is 0.792. The number of hydrogen-bond acceptors (Lipinski definition) is 3. The molecule has 0 amide bonds. The van der Waals surface area contributed by atoms with Crippen molar-refractivity contribution >= 4 is 0 Å². The van der Waals surface area contributed by atoms with Crippen LogP contribution in [0, 0.1) is 6.92 Å². The minimum atomic E-state index is -4.27. The van der Waals surface area contributed by atoms with Gasteiger partial charge in [-0.3, -0.25) is 0 Å². The molecule has 0 spiro atoms. The lowest BCUT2D eigenvalue weighted by Gasteiger charge is -2.19. The molecule has 1 atom stereocenters. The van der Waals surface area contributed by atoms with Gasteiger partial charge < -0.3 is 14.8 Å². The first kappa shape index (κ1) is 16.8. The number of benzene rings is 1. The molecule has 0 radical (unpaired) electrons. The zero-order valence-electron chi connectivity index (χ0n) is 11.9. The Balaban J connectivity index is 2.58. The maximum Gasteiger partial charge on any atom is 0.411 e. The predicted octanol–water partition coefficient (Wildman–Crippen LogP) is 3.23. The zero-order valence-corrected chi connectivity index (χ0v) is 11.9. The predicted molar refractivity (Wildman–Crippen MR) is 71.0 cm³/mol. The quantitative estimate of drug-likeness (QED) is 0.782. The van der Waals surface area contributed by atoms with E-state index in [-0.39, 0.29) is 12.6 Å². The van der Waals surface area contributed by atoms with E-state index in [4.69, 9.17) is 4.74 Å². The summed E-state index contributed by atoms with van der Waals surface area (Å²) in [4.78, 5) is 0. The number of nitrogens with one attached hydrogen (secondary N) is 1. The van der Waals surface area contributed by atoms with Crippen molar-refractivity contribution < 1.29 is 22.6 Å². The number of hydrogen-bond donors (Lipinski definition) is 1. The van der Waals surface area contributed by atoms with E-state index in [2.05, 4.69) is 10.1 Å². The van der Waals surface area contributed by atoms with Gasteiger partial charge in [0.05, 0.1) is 7.11 Å². The third-order valence-corrected chi connectivity index (χ3v) is 3.02. The SMILES string of the molecule is CNC(CCOCC(F)(F)F)c1ccc(OC)cc1C. The van der Waals surface area contributed by atoms with Crippen molar-refractivity contribution in [3.8, 4) is 5.75 Å². The Morgan fingerprint density at radius 2 is 2.00 bits per heavy atom. The largest absolute Gasteiger partial charge is 0.497 e. The Bertz CT molecular complexity index is 421.